The third-order valence-corrected chi connectivity index (χ3v) is 2.36. The molecule has 1 aromatic rings. The van der Waals surface area contributed by atoms with Crippen LogP contribution >= 0.6 is 0 Å². The maximum Gasteiger partial charge on any atom is 0.130 e. The number of allylic oxidation sites excluding steroid dienone is 2. The minimum absolute atomic E-state index is 0.379. The Labute approximate surface area is 82.6 Å². The highest BCUT2D eigenvalue weighted by atomic mass is 19.1. The summed E-state index contributed by atoms with van der Waals surface area (Å²) >= 11 is 0. The molecule has 0 spiro atoms. The Hall–Kier alpha value is -1.44. The van der Waals surface area contributed by atoms with Gasteiger partial charge in [-0.25, -0.2) is 8.78 Å². The number of halogens is 2. The van der Waals surface area contributed by atoms with Crippen LogP contribution in [-0.2, 0) is 5.41 Å². The van der Waals surface area contributed by atoms with Crippen LogP contribution in [0.4, 0.5) is 8.78 Å². The highest BCUT2D eigenvalue weighted by Crippen LogP contribution is 2.28. The minimum atomic E-state index is -0.655. The van der Waals surface area contributed by atoms with E-state index in [9.17, 15) is 8.78 Å². The second-order valence-corrected chi connectivity index (χ2v) is 3.32. The van der Waals surface area contributed by atoms with Crippen LogP contribution in [0.5, 0.6) is 0 Å². The molecule has 0 unspecified atom stereocenters. The summed E-state index contributed by atoms with van der Waals surface area (Å²) in [6.07, 6.45) is 3.16. The van der Waals surface area contributed by atoms with Crippen molar-refractivity contribution in [2.45, 2.75) is 12.3 Å². The zero-order chi connectivity index (χ0) is 10.8. The Morgan fingerprint density at radius 1 is 1.21 bits per heavy atom. The van der Waals surface area contributed by atoms with Crippen LogP contribution in [-0.4, -0.2) is 0 Å². The van der Waals surface area contributed by atoms with Crippen LogP contribution in [0.1, 0.15) is 12.5 Å². The van der Waals surface area contributed by atoms with E-state index in [1.54, 1.807) is 19.1 Å². The standard InChI is InChI=1S/C12H12F2/c1-4-12(3,5-2)10-7-6-9(13)8-11(10)14/h4-8H,1-2H2,3H3. The van der Waals surface area contributed by atoms with Gasteiger partial charge < -0.3 is 0 Å². The minimum Gasteiger partial charge on any atom is -0.207 e. The Morgan fingerprint density at radius 2 is 1.79 bits per heavy atom. The predicted molar refractivity (Wildman–Crippen MR) is 54.1 cm³/mol. The fourth-order valence-corrected chi connectivity index (χ4v) is 1.23. The van der Waals surface area contributed by atoms with Crippen molar-refractivity contribution in [3.8, 4) is 0 Å². The maximum absolute atomic E-state index is 13.4. The van der Waals surface area contributed by atoms with Crippen molar-refractivity contribution < 1.29 is 8.78 Å². The molecule has 2 heteroatoms. The van der Waals surface area contributed by atoms with Crippen molar-refractivity contribution in [3.63, 3.8) is 0 Å². The van der Waals surface area contributed by atoms with Crippen LogP contribution in [0, 0.1) is 11.6 Å². The van der Waals surface area contributed by atoms with Crippen LogP contribution in [0.15, 0.2) is 43.5 Å². The second kappa shape index (κ2) is 3.74. The molecule has 0 radical (unpaired) electrons. The Balaban J connectivity index is 3.31. The van der Waals surface area contributed by atoms with Crippen molar-refractivity contribution in [2.75, 3.05) is 0 Å². The summed E-state index contributed by atoms with van der Waals surface area (Å²) in [5.41, 5.74) is -0.276. The molecule has 0 fully saturated rings. The molecule has 1 aromatic carbocycles. The monoisotopic (exact) mass is 194 g/mol. The quantitative estimate of drug-likeness (QED) is 0.645. The van der Waals surface area contributed by atoms with E-state index in [1.807, 2.05) is 0 Å². The molecule has 0 saturated carbocycles. The second-order valence-electron chi connectivity index (χ2n) is 3.32. The molecule has 0 saturated heterocycles. The van der Waals surface area contributed by atoms with Crippen LogP contribution in [0.3, 0.4) is 0 Å². The fraction of sp³-hybridized carbons (Fsp3) is 0.167. The summed E-state index contributed by atoms with van der Waals surface area (Å²) in [6, 6.07) is 3.50. The molecule has 0 aliphatic rings. The van der Waals surface area contributed by atoms with Crippen molar-refractivity contribution in [3.05, 3.63) is 60.7 Å². The van der Waals surface area contributed by atoms with E-state index in [2.05, 4.69) is 13.2 Å². The van der Waals surface area contributed by atoms with Gasteiger partial charge in [0.05, 0.1) is 0 Å². The van der Waals surface area contributed by atoms with E-state index < -0.39 is 17.0 Å². The SMILES string of the molecule is C=CC(C)(C=C)c1ccc(F)cc1F. The first-order chi connectivity index (χ1) is 6.53. The third-order valence-electron chi connectivity index (χ3n) is 2.36. The average Bonchev–Trinajstić information content (AvgIpc) is 2.17. The number of hydrogen-bond acceptors (Lipinski definition) is 0. The van der Waals surface area contributed by atoms with E-state index in [0.29, 0.717) is 5.56 Å². The molecule has 14 heavy (non-hydrogen) atoms. The summed E-state index contributed by atoms with van der Waals surface area (Å²) < 4.78 is 26.0. The first-order valence-corrected chi connectivity index (χ1v) is 4.26. The number of hydrogen-bond donors (Lipinski definition) is 0. The number of rotatable bonds is 3. The zero-order valence-corrected chi connectivity index (χ0v) is 8.06. The molecular formula is C12H12F2. The predicted octanol–water partition coefficient (Wildman–Crippen LogP) is 3.59. The molecule has 0 bridgehead atoms. The van der Waals surface area contributed by atoms with Gasteiger partial charge in [-0.3, -0.25) is 0 Å². The van der Waals surface area contributed by atoms with Gasteiger partial charge in [-0.1, -0.05) is 18.2 Å². The topological polar surface area (TPSA) is 0 Å². The lowest BCUT2D eigenvalue weighted by Gasteiger charge is -2.22. The van der Waals surface area contributed by atoms with Gasteiger partial charge in [0.1, 0.15) is 11.6 Å². The molecule has 74 valence electrons. The summed E-state index contributed by atoms with van der Waals surface area (Å²) in [6.45, 7) is 8.99. The fourth-order valence-electron chi connectivity index (χ4n) is 1.23. The molecular weight excluding hydrogens is 182 g/mol. The lowest BCUT2D eigenvalue weighted by atomic mass is 9.82. The molecule has 0 aliphatic heterocycles. The summed E-state index contributed by atoms with van der Waals surface area (Å²) in [4.78, 5) is 0. The average molecular weight is 194 g/mol. The van der Waals surface area contributed by atoms with Crippen molar-refractivity contribution in [2.24, 2.45) is 0 Å². The van der Waals surface area contributed by atoms with Crippen LogP contribution in [0.2, 0.25) is 0 Å². The number of benzene rings is 1. The van der Waals surface area contributed by atoms with Crippen molar-refractivity contribution in [1.29, 1.82) is 0 Å². The van der Waals surface area contributed by atoms with E-state index in [4.69, 9.17) is 0 Å². The molecule has 1 rings (SSSR count). The van der Waals surface area contributed by atoms with E-state index >= 15 is 0 Å². The van der Waals surface area contributed by atoms with Gasteiger partial charge in [0, 0.05) is 17.0 Å². The van der Waals surface area contributed by atoms with Crippen molar-refractivity contribution in [1.82, 2.24) is 0 Å². The maximum atomic E-state index is 13.4. The van der Waals surface area contributed by atoms with Crippen LogP contribution < -0.4 is 0 Å². The van der Waals surface area contributed by atoms with Gasteiger partial charge in [-0.15, -0.1) is 13.2 Å². The van der Waals surface area contributed by atoms with E-state index in [0.717, 1.165) is 6.07 Å². The Morgan fingerprint density at radius 3 is 2.21 bits per heavy atom. The first kappa shape index (κ1) is 10.6. The normalized spacial score (nSPS) is 11.1. The summed E-state index contributed by atoms with van der Waals surface area (Å²) in [5.74, 6) is -1.16. The van der Waals surface area contributed by atoms with Gasteiger partial charge in [-0.2, -0.15) is 0 Å². The Kier molecular flexibility index (Phi) is 2.84. The van der Waals surface area contributed by atoms with Gasteiger partial charge in [-0.05, 0) is 13.0 Å². The molecule has 0 N–H and O–H groups in total. The third kappa shape index (κ3) is 1.74. The molecule has 0 aromatic heterocycles. The highest BCUT2D eigenvalue weighted by molar-refractivity contribution is 5.35. The van der Waals surface area contributed by atoms with E-state index in [1.165, 1.54) is 12.1 Å². The van der Waals surface area contributed by atoms with Gasteiger partial charge in [0.15, 0.2) is 0 Å². The van der Waals surface area contributed by atoms with Gasteiger partial charge in [0.2, 0.25) is 0 Å². The summed E-state index contributed by atoms with van der Waals surface area (Å²) in [5, 5.41) is 0. The van der Waals surface area contributed by atoms with E-state index in [-0.39, 0.29) is 0 Å². The summed E-state index contributed by atoms with van der Waals surface area (Å²) in [7, 11) is 0. The van der Waals surface area contributed by atoms with Crippen LogP contribution in [0.25, 0.3) is 0 Å². The molecule has 0 aliphatic carbocycles. The van der Waals surface area contributed by atoms with Gasteiger partial charge in [0.25, 0.3) is 0 Å². The Bertz CT molecular complexity index is 359. The zero-order valence-electron chi connectivity index (χ0n) is 8.06. The smallest absolute Gasteiger partial charge is 0.130 e. The van der Waals surface area contributed by atoms with Gasteiger partial charge >= 0.3 is 0 Å². The molecule has 0 heterocycles. The lowest BCUT2D eigenvalue weighted by Crippen LogP contribution is -2.16. The molecule has 0 atom stereocenters. The van der Waals surface area contributed by atoms with Crippen molar-refractivity contribution >= 4 is 0 Å². The highest BCUT2D eigenvalue weighted by Gasteiger charge is 2.22. The lowest BCUT2D eigenvalue weighted by molar-refractivity contribution is 0.554. The molecule has 0 amide bonds. The largest absolute Gasteiger partial charge is 0.207 e. The first-order valence-electron chi connectivity index (χ1n) is 4.26. The molecule has 0 nitrogen and oxygen atoms in total.